The van der Waals surface area contributed by atoms with E-state index >= 15 is 0 Å². The molecule has 1 fully saturated rings. The maximum Gasteiger partial charge on any atom is 0.207 e. The number of hydrogen-bond donors (Lipinski definition) is 1. The number of hydrogen-bond acceptors (Lipinski definition) is 2. The van der Waals surface area contributed by atoms with Crippen LogP contribution in [-0.2, 0) is 0 Å². The number of nitrogens with zero attached hydrogens (tertiary/aromatic N) is 2. The van der Waals surface area contributed by atoms with Gasteiger partial charge in [0.05, 0.1) is 11.4 Å². The van der Waals surface area contributed by atoms with E-state index in [-0.39, 0.29) is 0 Å². The van der Waals surface area contributed by atoms with Gasteiger partial charge in [0.2, 0.25) is 5.95 Å². The summed E-state index contributed by atoms with van der Waals surface area (Å²) < 4.78 is 2.13. The van der Waals surface area contributed by atoms with Gasteiger partial charge in [-0.3, -0.25) is 4.57 Å². The van der Waals surface area contributed by atoms with Gasteiger partial charge >= 0.3 is 0 Å². The van der Waals surface area contributed by atoms with Gasteiger partial charge in [0, 0.05) is 17.3 Å². The molecular weight excluding hydrogens is 282 g/mol. The predicted molar refractivity (Wildman–Crippen MR) is 88.5 cm³/mol. The Bertz CT molecular complexity index is 627. The molecule has 0 atom stereocenters. The van der Waals surface area contributed by atoms with Crippen molar-refractivity contribution in [1.82, 2.24) is 9.55 Å². The molecule has 112 valence electrons. The molecule has 0 saturated heterocycles. The molecule has 3 rings (SSSR count). The van der Waals surface area contributed by atoms with Gasteiger partial charge in [-0.05, 0) is 44.4 Å². The van der Waals surface area contributed by atoms with E-state index < -0.39 is 0 Å². The summed E-state index contributed by atoms with van der Waals surface area (Å²) in [6.07, 6.45) is 8.53. The Morgan fingerprint density at radius 1 is 1.19 bits per heavy atom. The molecule has 1 heterocycles. The van der Waals surface area contributed by atoms with Gasteiger partial charge in [0.15, 0.2) is 0 Å². The molecule has 1 aromatic carbocycles. The minimum absolute atomic E-state index is 0.541. The van der Waals surface area contributed by atoms with E-state index in [1.807, 2.05) is 19.1 Å². The molecule has 0 bridgehead atoms. The average Bonchev–Trinajstić information content (AvgIpc) is 2.83. The Labute approximate surface area is 131 Å². The van der Waals surface area contributed by atoms with Crippen LogP contribution in [0.4, 0.5) is 5.95 Å². The molecular formula is C17H22ClN3. The van der Waals surface area contributed by atoms with Crippen LogP contribution in [0.5, 0.6) is 0 Å². The van der Waals surface area contributed by atoms with Crippen molar-refractivity contribution in [3.05, 3.63) is 40.7 Å². The molecule has 1 aliphatic carbocycles. The number of imidazole rings is 1. The molecule has 0 spiro atoms. The third kappa shape index (κ3) is 3.08. The number of aryl methyl sites for hydroxylation is 1. The Balaban J connectivity index is 1.93. The van der Waals surface area contributed by atoms with Crippen LogP contribution < -0.4 is 5.32 Å². The van der Waals surface area contributed by atoms with Gasteiger partial charge in [-0.15, -0.1) is 0 Å². The van der Waals surface area contributed by atoms with Gasteiger partial charge in [-0.1, -0.05) is 36.9 Å². The van der Waals surface area contributed by atoms with E-state index in [4.69, 9.17) is 11.6 Å². The first-order valence-electron chi connectivity index (χ1n) is 7.73. The lowest BCUT2D eigenvalue weighted by atomic mass is 9.96. The molecule has 3 nitrogen and oxygen atoms in total. The third-order valence-electron chi connectivity index (χ3n) is 4.26. The number of benzene rings is 1. The first-order chi connectivity index (χ1) is 10.1. The minimum atomic E-state index is 0.541. The van der Waals surface area contributed by atoms with Crippen LogP contribution in [0.15, 0.2) is 24.4 Å². The summed E-state index contributed by atoms with van der Waals surface area (Å²) in [5.74, 6) is 0.935. The Morgan fingerprint density at radius 3 is 2.71 bits per heavy atom. The Hall–Kier alpha value is -1.48. The summed E-state index contributed by atoms with van der Waals surface area (Å²) in [7, 11) is 0. The summed E-state index contributed by atoms with van der Waals surface area (Å²) >= 11 is 6.26. The number of aromatic nitrogens is 2. The largest absolute Gasteiger partial charge is 0.353 e. The second-order valence-corrected chi connectivity index (χ2v) is 6.35. The summed E-state index contributed by atoms with van der Waals surface area (Å²) in [6, 6.07) is 6.55. The fourth-order valence-corrected chi connectivity index (χ4v) is 3.24. The number of halogens is 1. The van der Waals surface area contributed by atoms with Crippen LogP contribution in [0.2, 0.25) is 5.02 Å². The maximum atomic E-state index is 6.26. The Morgan fingerprint density at radius 2 is 1.95 bits per heavy atom. The molecule has 0 unspecified atom stereocenters. The first kappa shape index (κ1) is 14.5. The fourth-order valence-electron chi connectivity index (χ4n) is 3.07. The van der Waals surface area contributed by atoms with E-state index in [2.05, 4.69) is 34.1 Å². The van der Waals surface area contributed by atoms with Crippen molar-refractivity contribution in [2.45, 2.75) is 52.0 Å². The zero-order chi connectivity index (χ0) is 14.8. The van der Waals surface area contributed by atoms with Crippen molar-refractivity contribution >= 4 is 17.5 Å². The highest BCUT2D eigenvalue weighted by Crippen LogP contribution is 2.27. The molecule has 1 aliphatic rings. The van der Waals surface area contributed by atoms with Gasteiger partial charge in [0.25, 0.3) is 0 Å². The molecule has 21 heavy (non-hydrogen) atoms. The molecule has 1 saturated carbocycles. The van der Waals surface area contributed by atoms with E-state index in [1.165, 1.54) is 32.1 Å². The van der Waals surface area contributed by atoms with Crippen LogP contribution in [0.3, 0.4) is 0 Å². The highest BCUT2D eigenvalue weighted by Gasteiger charge is 2.17. The van der Waals surface area contributed by atoms with E-state index in [0.29, 0.717) is 6.04 Å². The van der Waals surface area contributed by atoms with E-state index in [1.54, 1.807) is 0 Å². The van der Waals surface area contributed by atoms with Crippen LogP contribution in [0.1, 0.15) is 43.4 Å². The Kier molecular flexibility index (Phi) is 4.20. The monoisotopic (exact) mass is 303 g/mol. The topological polar surface area (TPSA) is 29.9 Å². The standard InChI is InChI=1S/C17H22ClN3/c1-12-11-21(16-10-6-9-15(18)13(16)2)17(19-12)20-14-7-4-3-5-8-14/h6,9-11,14H,3-5,7-8H2,1-2H3,(H,19,20). The van der Waals surface area contributed by atoms with Gasteiger partial charge < -0.3 is 5.32 Å². The summed E-state index contributed by atoms with van der Waals surface area (Å²) in [4.78, 5) is 4.66. The zero-order valence-corrected chi connectivity index (χ0v) is 13.5. The second kappa shape index (κ2) is 6.10. The smallest absolute Gasteiger partial charge is 0.207 e. The third-order valence-corrected chi connectivity index (χ3v) is 4.67. The van der Waals surface area contributed by atoms with Gasteiger partial charge in [-0.25, -0.2) is 4.98 Å². The van der Waals surface area contributed by atoms with Crippen molar-refractivity contribution in [1.29, 1.82) is 0 Å². The van der Waals surface area contributed by atoms with Crippen LogP contribution in [0, 0.1) is 13.8 Å². The fraction of sp³-hybridized carbons (Fsp3) is 0.471. The minimum Gasteiger partial charge on any atom is -0.353 e. The lowest BCUT2D eigenvalue weighted by Crippen LogP contribution is -2.24. The quantitative estimate of drug-likeness (QED) is 0.875. The lowest BCUT2D eigenvalue weighted by Gasteiger charge is -2.24. The molecule has 1 aromatic heterocycles. The van der Waals surface area contributed by atoms with Crippen molar-refractivity contribution in [3.8, 4) is 5.69 Å². The summed E-state index contributed by atoms with van der Waals surface area (Å²) in [5.41, 5.74) is 3.21. The SMILES string of the molecule is Cc1cn(-c2cccc(Cl)c2C)c(NC2CCCCC2)n1. The van der Waals surface area contributed by atoms with Crippen LogP contribution >= 0.6 is 11.6 Å². The van der Waals surface area contributed by atoms with Crippen molar-refractivity contribution < 1.29 is 0 Å². The molecule has 0 radical (unpaired) electrons. The highest BCUT2D eigenvalue weighted by atomic mass is 35.5. The van der Waals surface area contributed by atoms with E-state index in [9.17, 15) is 0 Å². The molecule has 4 heteroatoms. The molecule has 0 amide bonds. The predicted octanol–water partition coefficient (Wildman–Crippen LogP) is 4.89. The summed E-state index contributed by atoms with van der Waals surface area (Å²) in [6.45, 7) is 4.08. The molecule has 1 N–H and O–H groups in total. The normalized spacial score (nSPS) is 16.1. The zero-order valence-electron chi connectivity index (χ0n) is 12.7. The lowest BCUT2D eigenvalue weighted by molar-refractivity contribution is 0.460. The van der Waals surface area contributed by atoms with E-state index in [0.717, 1.165) is 27.9 Å². The number of rotatable bonds is 3. The van der Waals surface area contributed by atoms with Gasteiger partial charge in [0.1, 0.15) is 0 Å². The van der Waals surface area contributed by atoms with Crippen LogP contribution in [0.25, 0.3) is 5.69 Å². The highest BCUT2D eigenvalue weighted by molar-refractivity contribution is 6.31. The summed E-state index contributed by atoms with van der Waals surface area (Å²) in [5, 5.41) is 4.42. The average molecular weight is 304 g/mol. The number of nitrogens with one attached hydrogen (secondary N) is 1. The second-order valence-electron chi connectivity index (χ2n) is 5.94. The first-order valence-corrected chi connectivity index (χ1v) is 8.11. The van der Waals surface area contributed by atoms with Gasteiger partial charge in [-0.2, -0.15) is 0 Å². The van der Waals surface area contributed by atoms with Crippen molar-refractivity contribution in [2.75, 3.05) is 5.32 Å². The number of anilines is 1. The van der Waals surface area contributed by atoms with Crippen molar-refractivity contribution in [2.24, 2.45) is 0 Å². The molecule has 2 aromatic rings. The van der Waals surface area contributed by atoms with Crippen LogP contribution in [-0.4, -0.2) is 15.6 Å². The molecule has 0 aliphatic heterocycles. The maximum absolute atomic E-state index is 6.26. The van der Waals surface area contributed by atoms with Crippen molar-refractivity contribution in [3.63, 3.8) is 0 Å².